The van der Waals surface area contributed by atoms with Crippen molar-refractivity contribution in [1.82, 2.24) is 10.6 Å². The summed E-state index contributed by atoms with van der Waals surface area (Å²) in [5, 5.41) is 6.46. The Morgan fingerprint density at radius 3 is 2.35 bits per heavy atom. The number of halogens is 1. The monoisotopic (exact) mass is 334 g/mol. The lowest BCUT2D eigenvalue weighted by Crippen LogP contribution is -2.53. The first-order chi connectivity index (χ1) is 11.0. The van der Waals surface area contributed by atoms with Gasteiger partial charge in [-0.15, -0.1) is 0 Å². The number of Topliss-reactive ketones (excluding diaryl/α,β-unsaturated/α-hetero) is 2. The molecule has 0 bridgehead atoms. The molecule has 5 nitrogen and oxygen atoms in total. The van der Waals surface area contributed by atoms with E-state index in [1.807, 2.05) is 0 Å². The zero-order valence-electron chi connectivity index (χ0n) is 12.7. The maximum Gasteiger partial charge on any atom is 0.220 e. The SMILES string of the molecule is O=C1CCC(C(=O)C2(C(=O)c3ccc(Cl)cc3)CCNCC2)N1. The van der Waals surface area contributed by atoms with Crippen LogP contribution in [0.25, 0.3) is 0 Å². The molecule has 1 aromatic rings. The van der Waals surface area contributed by atoms with Crippen LogP contribution in [0.5, 0.6) is 0 Å². The molecular weight excluding hydrogens is 316 g/mol. The molecule has 1 aromatic carbocycles. The number of carbonyl (C=O) groups excluding carboxylic acids is 3. The zero-order valence-corrected chi connectivity index (χ0v) is 13.5. The maximum absolute atomic E-state index is 13.1. The second kappa shape index (κ2) is 6.42. The van der Waals surface area contributed by atoms with Crippen molar-refractivity contribution in [1.29, 1.82) is 0 Å². The van der Waals surface area contributed by atoms with E-state index in [0.29, 0.717) is 49.4 Å². The number of hydrogen-bond acceptors (Lipinski definition) is 4. The lowest BCUT2D eigenvalue weighted by Gasteiger charge is -2.36. The summed E-state index contributed by atoms with van der Waals surface area (Å²) in [6.45, 7) is 1.23. The fraction of sp³-hybridized carbons (Fsp3) is 0.471. The fourth-order valence-corrected chi connectivity index (χ4v) is 3.59. The maximum atomic E-state index is 13.1. The highest BCUT2D eigenvalue weighted by atomic mass is 35.5. The summed E-state index contributed by atoms with van der Waals surface area (Å²) in [4.78, 5) is 37.6. The Labute approximate surface area is 139 Å². The number of amides is 1. The lowest BCUT2D eigenvalue weighted by atomic mass is 9.68. The Bertz CT molecular complexity index is 636. The van der Waals surface area contributed by atoms with E-state index in [9.17, 15) is 14.4 Å². The van der Waals surface area contributed by atoms with E-state index in [1.165, 1.54) is 0 Å². The summed E-state index contributed by atoms with van der Waals surface area (Å²) in [5.74, 6) is -0.432. The molecule has 1 amide bonds. The number of piperidine rings is 1. The zero-order chi connectivity index (χ0) is 16.4. The summed E-state index contributed by atoms with van der Waals surface area (Å²) in [5.41, 5.74) is -0.560. The Kier molecular flexibility index (Phi) is 4.50. The first-order valence-electron chi connectivity index (χ1n) is 7.88. The van der Waals surface area contributed by atoms with E-state index in [-0.39, 0.29) is 17.5 Å². The van der Waals surface area contributed by atoms with Gasteiger partial charge in [-0.25, -0.2) is 0 Å². The number of benzene rings is 1. The van der Waals surface area contributed by atoms with E-state index in [2.05, 4.69) is 10.6 Å². The summed E-state index contributed by atoms with van der Waals surface area (Å²) >= 11 is 5.88. The highest BCUT2D eigenvalue weighted by molar-refractivity contribution is 6.30. The van der Waals surface area contributed by atoms with Crippen LogP contribution in [0.4, 0.5) is 0 Å². The van der Waals surface area contributed by atoms with Crippen LogP contribution in [0.2, 0.25) is 5.02 Å². The van der Waals surface area contributed by atoms with Gasteiger partial charge in [0.25, 0.3) is 0 Å². The minimum atomic E-state index is -1.05. The van der Waals surface area contributed by atoms with Crippen molar-refractivity contribution in [2.24, 2.45) is 5.41 Å². The lowest BCUT2D eigenvalue weighted by molar-refractivity contribution is -0.131. The van der Waals surface area contributed by atoms with Crippen LogP contribution in [-0.2, 0) is 9.59 Å². The molecule has 0 saturated carbocycles. The number of rotatable bonds is 4. The minimum absolute atomic E-state index is 0.119. The van der Waals surface area contributed by atoms with Gasteiger partial charge >= 0.3 is 0 Å². The molecule has 6 heteroatoms. The van der Waals surface area contributed by atoms with E-state index >= 15 is 0 Å². The standard InChI is InChI=1S/C17H19ClN2O3/c18-12-3-1-11(2-4-12)15(22)17(7-9-19-10-8-17)16(23)13-5-6-14(21)20-13/h1-4,13,19H,5-10H2,(H,20,21). The molecule has 0 aliphatic carbocycles. The molecule has 122 valence electrons. The van der Waals surface area contributed by atoms with Crippen molar-refractivity contribution in [2.75, 3.05) is 13.1 Å². The van der Waals surface area contributed by atoms with Crippen LogP contribution >= 0.6 is 11.6 Å². The predicted molar refractivity (Wildman–Crippen MR) is 86.5 cm³/mol. The summed E-state index contributed by atoms with van der Waals surface area (Å²) in [6, 6.07) is 6.09. The molecule has 1 unspecified atom stereocenters. The first kappa shape index (κ1) is 16.1. The minimum Gasteiger partial charge on any atom is -0.346 e. The average Bonchev–Trinajstić information content (AvgIpc) is 3.01. The molecule has 0 radical (unpaired) electrons. The first-order valence-corrected chi connectivity index (χ1v) is 8.25. The van der Waals surface area contributed by atoms with Crippen molar-refractivity contribution in [3.63, 3.8) is 0 Å². The molecule has 1 atom stereocenters. The molecule has 2 aliphatic rings. The van der Waals surface area contributed by atoms with Gasteiger partial charge in [-0.2, -0.15) is 0 Å². The largest absolute Gasteiger partial charge is 0.346 e. The topological polar surface area (TPSA) is 75.3 Å². The number of ketones is 2. The van der Waals surface area contributed by atoms with Gasteiger partial charge in [0.1, 0.15) is 0 Å². The Balaban J connectivity index is 1.92. The van der Waals surface area contributed by atoms with Crippen LogP contribution < -0.4 is 10.6 Å². The Morgan fingerprint density at radius 2 is 1.78 bits per heavy atom. The quantitative estimate of drug-likeness (QED) is 0.649. The molecule has 2 saturated heterocycles. The van der Waals surface area contributed by atoms with Gasteiger partial charge in [0.05, 0.1) is 11.5 Å². The van der Waals surface area contributed by atoms with Crippen molar-refractivity contribution in [3.8, 4) is 0 Å². The van der Waals surface area contributed by atoms with Crippen molar-refractivity contribution < 1.29 is 14.4 Å². The van der Waals surface area contributed by atoms with Crippen molar-refractivity contribution in [2.45, 2.75) is 31.7 Å². The normalized spacial score (nSPS) is 23.3. The molecule has 0 aromatic heterocycles. The van der Waals surface area contributed by atoms with Crippen molar-refractivity contribution in [3.05, 3.63) is 34.9 Å². The molecule has 2 heterocycles. The predicted octanol–water partition coefficient (Wildman–Crippen LogP) is 1.74. The number of hydrogen-bond donors (Lipinski definition) is 2. The second-order valence-electron chi connectivity index (χ2n) is 6.19. The number of carbonyl (C=O) groups is 3. The summed E-state index contributed by atoms with van der Waals surface area (Å²) in [7, 11) is 0. The van der Waals surface area contributed by atoms with Crippen LogP contribution in [0.1, 0.15) is 36.0 Å². The van der Waals surface area contributed by atoms with Crippen LogP contribution in [0.15, 0.2) is 24.3 Å². The number of nitrogens with one attached hydrogen (secondary N) is 2. The van der Waals surface area contributed by atoms with Crippen LogP contribution in [0.3, 0.4) is 0 Å². The molecule has 0 spiro atoms. The van der Waals surface area contributed by atoms with Crippen molar-refractivity contribution >= 4 is 29.1 Å². The van der Waals surface area contributed by atoms with Gasteiger partial charge in [-0.05, 0) is 56.6 Å². The van der Waals surface area contributed by atoms with Gasteiger partial charge in [0.2, 0.25) is 5.91 Å². The molecule has 2 N–H and O–H groups in total. The van der Waals surface area contributed by atoms with E-state index in [1.54, 1.807) is 24.3 Å². The van der Waals surface area contributed by atoms with Gasteiger partial charge in [-0.3, -0.25) is 14.4 Å². The second-order valence-corrected chi connectivity index (χ2v) is 6.63. The van der Waals surface area contributed by atoms with E-state index in [0.717, 1.165) is 0 Å². The molecule has 23 heavy (non-hydrogen) atoms. The molecule has 3 rings (SSSR count). The average molecular weight is 335 g/mol. The summed E-state index contributed by atoms with van der Waals surface area (Å²) in [6.07, 6.45) is 1.74. The Hall–Kier alpha value is -1.72. The van der Waals surface area contributed by atoms with Crippen LogP contribution in [0, 0.1) is 5.41 Å². The molecule has 2 fully saturated rings. The third-order valence-corrected chi connectivity index (χ3v) is 5.03. The highest BCUT2D eigenvalue weighted by Crippen LogP contribution is 2.36. The van der Waals surface area contributed by atoms with E-state index in [4.69, 9.17) is 11.6 Å². The van der Waals surface area contributed by atoms with Gasteiger partial charge in [0, 0.05) is 17.0 Å². The highest BCUT2D eigenvalue weighted by Gasteiger charge is 2.49. The molecular formula is C17H19ClN2O3. The van der Waals surface area contributed by atoms with Crippen LogP contribution in [-0.4, -0.2) is 36.6 Å². The fourth-order valence-electron chi connectivity index (χ4n) is 3.46. The smallest absolute Gasteiger partial charge is 0.220 e. The van der Waals surface area contributed by atoms with E-state index < -0.39 is 11.5 Å². The van der Waals surface area contributed by atoms with Gasteiger partial charge in [-0.1, -0.05) is 11.6 Å². The van der Waals surface area contributed by atoms with Gasteiger partial charge in [0.15, 0.2) is 11.6 Å². The third-order valence-electron chi connectivity index (χ3n) is 4.78. The van der Waals surface area contributed by atoms with Gasteiger partial charge < -0.3 is 10.6 Å². The Morgan fingerprint density at radius 1 is 1.13 bits per heavy atom. The molecule has 2 aliphatic heterocycles. The summed E-state index contributed by atoms with van der Waals surface area (Å²) < 4.78 is 0. The third kappa shape index (κ3) is 3.03.